The number of hydrogen-bond acceptors (Lipinski definition) is 3. The van der Waals surface area contributed by atoms with Crippen molar-refractivity contribution in [2.45, 2.75) is 13.5 Å². The maximum atomic E-state index is 13.2. The molecule has 0 aliphatic carbocycles. The highest BCUT2D eigenvalue weighted by Gasteiger charge is 2.10. The monoisotopic (exact) mass is 323 g/mol. The molecule has 0 bridgehead atoms. The van der Waals surface area contributed by atoms with Gasteiger partial charge in [-0.1, -0.05) is 0 Å². The fraction of sp³-hybridized carbons (Fsp3) is 0.143. The Balaban J connectivity index is 2.19. The number of aromatic nitrogens is 1. The summed E-state index contributed by atoms with van der Waals surface area (Å²) in [5, 5.41) is 0. The summed E-state index contributed by atoms with van der Waals surface area (Å²) in [4.78, 5) is 15.4. The molecule has 1 heterocycles. The molecule has 0 saturated heterocycles. The molecule has 19 heavy (non-hydrogen) atoms. The third-order valence-electron chi connectivity index (χ3n) is 2.48. The molecule has 0 N–H and O–H groups in total. The summed E-state index contributed by atoms with van der Waals surface area (Å²) in [5.41, 5.74) is 1.19. The number of benzene rings is 1. The van der Waals surface area contributed by atoms with Crippen molar-refractivity contribution in [3.63, 3.8) is 0 Å². The maximum Gasteiger partial charge on any atom is 0.163 e. The SMILES string of the molecule is CC(=O)c1ccc(F)cc1OCc1cncc(Br)c1. The van der Waals surface area contributed by atoms with E-state index in [2.05, 4.69) is 20.9 Å². The summed E-state index contributed by atoms with van der Waals surface area (Å²) in [6.07, 6.45) is 3.31. The Morgan fingerprint density at radius 2 is 2.16 bits per heavy atom. The number of carbonyl (C=O) groups is 1. The van der Waals surface area contributed by atoms with Crippen LogP contribution < -0.4 is 4.74 Å². The van der Waals surface area contributed by atoms with Crippen LogP contribution in [0.4, 0.5) is 4.39 Å². The van der Waals surface area contributed by atoms with Crippen molar-refractivity contribution in [2.75, 3.05) is 0 Å². The lowest BCUT2D eigenvalue weighted by Gasteiger charge is -2.10. The van der Waals surface area contributed by atoms with Gasteiger partial charge < -0.3 is 4.74 Å². The lowest BCUT2D eigenvalue weighted by molar-refractivity contribution is 0.101. The molecule has 0 aliphatic rings. The molecule has 0 aliphatic heterocycles. The summed E-state index contributed by atoms with van der Waals surface area (Å²) in [6.45, 7) is 1.64. The molecule has 2 aromatic rings. The van der Waals surface area contributed by atoms with Gasteiger partial charge in [0.2, 0.25) is 0 Å². The highest BCUT2D eigenvalue weighted by Crippen LogP contribution is 2.22. The average Bonchev–Trinajstić information content (AvgIpc) is 2.36. The number of carbonyl (C=O) groups excluding carboxylic acids is 1. The number of ether oxygens (including phenoxy) is 1. The van der Waals surface area contributed by atoms with E-state index >= 15 is 0 Å². The summed E-state index contributed by atoms with van der Waals surface area (Å²) in [5.74, 6) is -0.359. The molecule has 2 rings (SSSR count). The standard InChI is InChI=1S/C14H11BrFNO2/c1-9(18)13-3-2-12(16)5-14(13)19-8-10-4-11(15)7-17-6-10/h2-7H,8H2,1H3. The van der Waals surface area contributed by atoms with E-state index in [0.29, 0.717) is 5.56 Å². The van der Waals surface area contributed by atoms with E-state index < -0.39 is 5.82 Å². The summed E-state index contributed by atoms with van der Waals surface area (Å²) in [7, 11) is 0. The first-order valence-corrected chi connectivity index (χ1v) is 6.38. The van der Waals surface area contributed by atoms with E-state index in [-0.39, 0.29) is 18.1 Å². The number of halogens is 2. The Kier molecular flexibility index (Phi) is 4.27. The molecule has 1 aromatic carbocycles. The van der Waals surface area contributed by atoms with Crippen LogP contribution in [-0.2, 0) is 6.61 Å². The first-order chi connectivity index (χ1) is 9.06. The van der Waals surface area contributed by atoms with Gasteiger partial charge in [-0.3, -0.25) is 9.78 Å². The van der Waals surface area contributed by atoms with Gasteiger partial charge in [-0.2, -0.15) is 0 Å². The van der Waals surface area contributed by atoms with Crippen molar-refractivity contribution in [1.82, 2.24) is 4.98 Å². The van der Waals surface area contributed by atoms with Crippen molar-refractivity contribution < 1.29 is 13.9 Å². The molecular formula is C14H11BrFNO2. The second-order valence-corrected chi connectivity index (χ2v) is 4.91. The van der Waals surface area contributed by atoms with Crippen molar-refractivity contribution >= 4 is 21.7 Å². The zero-order chi connectivity index (χ0) is 13.8. The Bertz CT molecular complexity index is 616. The molecule has 0 spiro atoms. The number of Topliss-reactive ketones (excluding diaryl/α,β-unsaturated/α-hetero) is 1. The number of nitrogens with zero attached hydrogens (tertiary/aromatic N) is 1. The Morgan fingerprint density at radius 3 is 2.84 bits per heavy atom. The van der Waals surface area contributed by atoms with E-state index in [9.17, 15) is 9.18 Å². The van der Waals surface area contributed by atoms with Crippen molar-refractivity contribution in [1.29, 1.82) is 0 Å². The maximum absolute atomic E-state index is 13.2. The van der Waals surface area contributed by atoms with Crippen molar-refractivity contribution in [2.24, 2.45) is 0 Å². The van der Waals surface area contributed by atoms with Crippen molar-refractivity contribution in [3.8, 4) is 5.75 Å². The van der Waals surface area contributed by atoms with Gasteiger partial charge in [0.15, 0.2) is 5.78 Å². The van der Waals surface area contributed by atoms with Crippen LogP contribution in [0.5, 0.6) is 5.75 Å². The molecule has 0 unspecified atom stereocenters. The highest BCUT2D eigenvalue weighted by molar-refractivity contribution is 9.10. The molecule has 0 saturated carbocycles. The molecule has 0 fully saturated rings. The molecule has 1 aromatic heterocycles. The average molecular weight is 324 g/mol. The van der Waals surface area contributed by atoms with E-state index in [1.165, 1.54) is 25.1 Å². The van der Waals surface area contributed by atoms with Gasteiger partial charge in [-0.15, -0.1) is 0 Å². The van der Waals surface area contributed by atoms with Gasteiger partial charge in [0.1, 0.15) is 18.2 Å². The minimum atomic E-state index is -0.438. The van der Waals surface area contributed by atoms with Crippen molar-refractivity contribution in [3.05, 3.63) is 58.1 Å². The second-order valence-electron chi connectivity index (χ2n) is 4.00. The van der Waals surface area contributed by atoms with Crippen LogP contribution in [0.25, 0.3) is 0 Å². The summed E-state index contributed by atoms with van der Waals surface area (Å²) >= 11 is 3.31. The third-order valence-corrected chi connectivity index (χ3v) is 2.91. The van der Waals surface area contributed by atoms with Crippen LogP contribution in [0.3, 0.4) is 0 Å². The van der Waals surface area contributed by atoms with Gasteiger partial charge in [0, 0.05) is 28.5 Å². The van der Waals surface area contributed by atoms with E-state index in [1.54, 1.807) is 12.4 Å². The fourth-order valence-corrected chi connectivity index (χ4v) is 2.01. The molecule has 5 heteroatoms. The predicted molar refractivity (Wildman–Crippen MR) is 72.7 cm³/mol. The number of ketones is 1. The summed E-state index contributed by atoms with van der Waals surface area (Å²) in [6, 6.07) is 5.72. The van der Waals surface area contributed by atoms with Gasteiger partial charge in [-0.25, -0.2) is 4.39 Å². The molecule has 0 amide bonds. The zero-order valence-electron chi connectivity index (χ0n) is 10.2. The van der Waals surface area contributed by atoms with Crippen LogP contribution in [-0.4, -0.2) is 10.8 Å². The quantitative estimate of drug-likeness (QED) is 0.804. The molecule has 98 valence electrons. The Labute approximate surface area is 118 Å². The second kappa shape index (κ2) is 5.93. The number of pyridine rings is 1. The van der Waals surface area contributed by atoms with Gasteiger partial charge in [0.05, 0.1) is 5.56 Å². The molecule has 0 radical (unpaired) electrons. The predicted octanol–water partition coefficient (Wildman–Crippen LogP) is 3.76. The Hall–Kier alpha value is -1.75. The molecule has 0 atom stereocenters. The third kappa shape index (κ3) is 3.61. The number of rotatable bonds is 4. The van der Waals surface area contributed by atoms with Crippen LogP contribution in [0.1, 0.15) is 22.8 Å². The number of hydrogen-bond donors (Lipinski definition) is 0. The van der Waals surface area contributed by atoms with Gasteiger partial charge in [-0.05, 0) is 41.1 Å². The molecular weight excluding hydrogens is 313 g/mol. The highest BCUT2D eigenvalue weighted by atomic mass is 79.9. The van der Waals surface area contributed by atoms with Gasteiger partial charge >= 0.3 is 0 Å². The smallest absolute Gasteiger partial charge is 0.163 e. The minimum absolute atomic E-state index is 0.164. The summed E-state index contributed by atoms with van der Waals surface area (Å²) < 4.78 is 19.5. The van der Waals surface area contributed by atoms with Crippen LogP contribution in [0.2, 0.25) is 0 Å². The zero-order valence-corrected chi connectivity index (χ0v) is 11.8. The van der Waals surface area contributed by atoms with E-state index in [1.807, 2.05) is 6.07 Å². The topological polar surface area (TPSA) is 39.2 Å². The first-order valence-electron chi connectivity index (χ1n) is 5.59. The minimum Gasteiger partial charge on any atom is -0.488 e. The first kappa shape index (κ1) is 13.7. The molecule has 3 nitrogen and oxygen atoms in total. The largest absolute Gasteiger partial charge is 0.488 e. The normalized spacial score (nSPS) is 10.3. The van der Waals surface area contributed by atoms with Crippen LogP contribution in [0, 0.1) is 5.82 Å². The van der Waals surface area contributed by atoms with Gasteiger partial charge in [0.25, 0.3) is 0 Å². The lowest BCUT2D eigenvalue weighted by atomic mass is 10.1. The Morgan fingerprint density at radius 1 is 1.37 bits per heavy atom. The van der Waals surface area contributed by atoms with E-state index in [0.717, 1.165) is 10.0 Å². The van der Waals surface area contributed by atoms with Crippen LogP contribution in [0.15, 0.2) is 41.1 Å². The van der Waals surface area contributed by atoms with E-state index in [4.69, 9.17) is 4.74 Å². The van der Waals surface area contributed by atoms with Crippen LogP contribution >= 0.6 is 15.9 Å². The lowest BCUT2D eigenvalue weighted by Crippen LogP contribution is -2.02. The fourth-order valence-electron chi connectivity index (χ4n) is 1.60.